The van der Waals surface area contributed by atoms with Crippen LogP contribution in [0.5, 0.6) is 5.75 Å². The fourth-order valence-corrected chi connectivity index (χ4v) is 2.56. The SMILES string of the molecule is O=C(CCCOc1ccccc1I)c1ccc(Br)cc1. The number of rotatable bonds is 6. The Bertz CT molecular complexity index is 581. The van der Waals surface area contributed by atoms with Crippen LogP contribution in [0.2, 0.25) is 0 Å². The van der Waals surface area contributed by atoms with Gasteiger partial charge in [-0.05, 0) is 53.3 Å². The number of Topliss-reactive ketones (excluding diaryl/α,β-unsaturated/α-hetero) is 1. The summed E-state index contributed by atoms with van der Waals surface area (Å²) >= 11 is 5.60. The molecule has 20 heavy (non-hydrogen) atoms. The van der Waals surface area contributed by atoms with Crippen molar-refractivity contribution in [3.8, 4) is 5.75 Å². The first-order chi connectivity index (χ1) is 9.66. The summed E-state index contributed by atoms with van der Waals surface area (Å²) < 4.78 is 7.74. The van der Waals surface area contributed by atoms with Crippen molar-refractivity contribution in [3.05, 3.63) is 62.1 Å². The van der Waals surface area contributed by atoms with Gasteiger partial charge in [-0.3, -0.25) is 4.79 Å². The number of benzene rings is 2. The third-order valence-corrected chi connectivity index (χ3v) is 4.23. The second-order valence-electron chi connectivity index (χ2n) is 4.31. The number of ketones is 1. The lowest BCUT2D eigenvalue weighted by Crippen LogP contribution is -2.04. The Morgan fingerprint density at radius 3 is 2.50 bits per heavy atom. The van der Waals surface area contributed by atoms with E-state index in [9.17, 15) is 4.79 Å². The summed E-state index contributed by atoms with van der Waals surface area (Å²) in [5.41, 5.74) is 0.752. The molecule has 104 valence electrons. The monoisotopic (exact) mass is 444 g/mol. The Morgan fingerprint density at radius 1 is 1.10 bits per heavy atom. The highest BCUT2D eigenvalue weighted by molar-refractivity contribution is 14.1. The van der Waals surface area contributed by atoms with E-state index in [1.807, 2.05) is 48.5 Å². The first-order valence-electron chi connectivity index (χ1n) is 6.33. The molecular formula is C16H14BrIO2. The minimum Gasteiger partial charge on any atom is -0.492 e. The first kappa shape index (κ1) is 15.5. The van der Waals surface area contributed by atoms with E-state index < -0.39 is 0 Å². The largest absolute Gasteiger partial charge is 0.492 e. The maximum atomic E-state index is 12.0. The minimum absolute atomic E-state index is 0.156. The van der Waals surface area contributed by atoms with Gasteiger partial charge in [0.1, 0.15) is 5.75 Å². The highest BCUT2D eigenvalue weighted by Gasteiger charge is 2.06. The molecule has 0 aliphatic heterocycles. The van der Waals surface area contributed by atoms with Gasteiger partial charge in [0.25, 0.3) is 0 Å². The lowest BCUT2D eigenvalue weighted by Gasteiger charge is -2.07. The Balaban J connectivity index is 1.77. The zero-order valence-corrected chi connectivity index (χ0v) is 14.6. The summed E-state index contributed by atoms with van der Waals surface area (Å²) in [4.78, 5) is 12.0. The number of para-hydroxylation sites is 1. The Hall–Kier alpha value is -0.880. The summed E-state index contributed by atoms with van der Waals surface area (Å²) in [5.74, 6) is 1.04. The van der Waals surface area contributed by atoms with Gasteiger partial charge in [-0.1, -0.05) is 40.2 Å². The summed E-state index contributed by atoms with van der Waals surface area (Å²) in [6.45, 7) is 0.558. The molecule has 0 aliphatic rings. The highest BCUT2D eigenvalue weighted by atomic mass is 127. The van der Waals surface area contributed by atoms with E-state index in [0.29, 0.717) is 13.0 Å². The van der Waals surface area contributed by atoms with E-state index in [2.05, 4.69) is 38.5 Å². The molecule has 0 amide bonds. The van der Waals surface area contributed by atoms with Gasteiger partial charge in [0.05, 0.1) is 10.2 Å². The van der Waals surface area contributed by atoms with Crippen LogP contribution in [0.4, 0.5) is 0 Å². The van der Waals surface area contributed by atoms with Crippen molar-refractivity contribution in [2.45, 2.75) is 12.8 Å². The standard InChI is InChI=1S/C16H14BrIO2/c17-13-9-7-12(8-10-13)15(19)5-3-11-20-16-6-2-1-4-14(16)18/h1-2,4,6-10H,3,5,11H2. The minimum atomic E-state index is 0.156. The van der Waals surface area contributed by atoms with E-state index in [1.54, 1.807) is 0 Å². The molecule has 0 saturated carbocycles. The molecular weight excluding hydrogens is 431 g/mol. The second-order valence-corrected chi connectivity index (χ2v) is 6.39. The van der Waals surface area contributed by atoms with Gasteiger partial charge >= 0.3 is 0 Å². The fourth-order valence-electron chi connectivity index (χ4n) is 1.76. The van der Waals surface area contributed by atoms with Crippen molar-refractivity contribution in [1.29, 1.82) is 0 Å². The van der Waals surface area contributed by atoms with Crippen LogP contribution in [0.3, 0.4) is 0 Å². The number of ether oxygens (including phenoxy) is 1. The Kier molecular flexibility index (Phi) is 6.04. The van der Waals surface area contributed by atoms with Crippen LogP contribution < -0.4 is 4.74 Å². The van der Waals surface area contributed by atoms with Gasteiger partial charge < -0.3 is 4.74 Å². The van der Waals surface area contributed by atoms with Crippen LogP contribution >= 0.6 is 38.5 Å². The molecule has 2 nitrogen and oxygen atoms in total. The molecule has 2 rings (SSSR count). The predicted molar refractivity (Wildman–Crippen MR) is 92.4 cm³/mol. The van der Waals surface area contributed by atoms with Crippen molar-refractivity contribution < 1.29 is 9.53 Å². The molecule has 0 N–H and O–H groups in total. The lowest BCUT2D eigenvalue weighted by atomic mass is 10.1. The highest BCUT2D eigenvalue weighted by Crippen LogP contribution is 2.20. The molecule has 0 atom stereocenters. The number of carbonyl (C=O) groups excluding carboxylic acids is 1. The molecule has 0 bridgehead atoms. The predicted octanol–water partition coefficient (Wildman–Crippen LogP) is 5.10. The van der Waals surface area contributed by atoms with Gasteiger partial charge in [0.2, 0.25) is 0 Å². The van der Waals surface area contributed by atoms with Gasteiger partial charge in [-0.15, -0.1) is 0 Å². The van der Waals surface area contributed by atoms with Crippen LogP contribution in [-0.4, -0.2) is 12.4 Å². The van der Waals surface area contributed by atoms with Crippen LogP contribution in [0.15, 0.2) is 53.0 Å². The van der Waals surface area contributed by atoms with Crippen molar-refractivity contribution in [1.82, 2.24) is 0 Å². The number of hydrogen-bond donors (Lipinski definition) is 0. The van der Waals surface area contributed by atoms with Crippen molar-refractivity contribution >= 4 is 44.3 Å². The quantitative estimate of drug-likeness (QED) is 0.352. The molecule has 0 fully saturated rings. The van der Waals surface area contributed by atoms with Gasteiger partial charge in [0, 0.05) is 16.5 Å². The molecule has 0 radical (unpaired) electrons. The molecule has 0 aromatic heterocycles. The summed E-state index contributed by atoms with van der Waals surface area (Å²) in [5, 5.41) is 0. The average Bonchev–Trinajstić information content (AvgIpc) is 2.46. The van der Waals surface area contributed by atoms with E-state index in [4.69, 9.17) is 4.74 Å². The van der Waals surface area contributed by atoms with E-state index in [0.717, 1.165) is 25.8 Å². The molecule has 0 saturated heterocycles. The Labute approximate surface area is 140 Å². The van der Waals surface area contributed by atoms with Crippen LogP contribution in [0.25, 0.3) is 0 Å². The van der Waals surface area contributed by atoms with Crippen LogP contribution in [0.1, 0.15) is 23.2 Å². The first-order valence-corrected chi connectivity index (χ1v) is 8.20. The lowest BCUT2D eigenvalue weighted by molar-refractivity contribution is 0.0973. The number of carbonyl (C=O) groups is 1. The van der Waals surface area contributed by atoms with Crippen molar-refractivity contribution in [2.75, 3.05) is 6.61 Å². The zero-order valence-electron chi connectivity index (χ0n) is 10.8. The maximum absolute atomic E-state index is 12.0. The van der Waals surface area contributed by atoms with Crippen molar-refractivity contribution in [2.24, 2.45) is 0 Å². The summed E-state index contributed by atoms with van der Waals surface area (Å²) in [6, 6.07) is 15.3. The van der Waals surface area contributed by atoms with Gasteiger partial charge in [0.15, 0.2) is 5.78 Å². The maximum Gasteiger partial charge on any atom is 0.163 e. The topological polar surface area (TPSA) is 26.3 Å². The van der Waals surface area contributed by atoms with E-state index in [-0.39, 0.29) is 5.78 Å². The molecule has 2 aromatic rings. The smallest absolute Gasteiger partial charge is 0.163 e. The van der Waals surface area contributed by atoms with Crippen LogP contribution in [0, 0.1) is 3.57 Å². The molecule has 0 unspecified atom stereocenters. The number of halogens is 2. The third-order valence-electron chi connectivity index (χ3n) is 2.81. The zero-order chi connectivity index (χ0) is 14.4. The second kappa shape index (κ2) is 7.78. The molecule has 0 heterocycles. The van der Waals surface area contributed by atoms with Crippen molar-refractivity contribution in [3.63, 3.8) is 0 Å². The third kappa shape index (κ3) is 4.59. The Morgan fingerprint density at radius 2 is 1.80 bits per heavy atom. The summed E-state index contributed by atoms with van der Waals surface area (Å²) in [7, 11) is 0. The van der Waals surface area contributed by atoms with E-state index >= 15 is 0 Å². The van der Waals surface area contributed by atoms with E-state index in [1.165, 1.54) is 0 Å². The molecule has 2 aromatic carbocycles. The summed E-state index contributed by atoms with van der Waals surface area (Å²) in [6.07, 6.45) is 1.23. The van der Waals surface area contributed by atoms with Crippen LogP contribution in [-0.2, 0) is 0 Å². The molecule has 4 heteroatoms. The number of hydrogen-bond acceptors (Lipinski definition) is 2. The molecule has 0 spiro atoms. The molecule has 0 aliphatic carbocycles. The van der Waals surface area contributed by atoms with Gasteiger partial charge in [-0.2, -0.15) is 0 Å². The fraction of sp³-hybridized carbons (Fsp3) is 0.188. The van der Waals surface area contributed by atoms with Gasteiger partial charge in [-0.25, -0.2) is 0 Å². The average molecular weight is 445 g/mol. The normalized spacial score (nSPS) is 10.3.